The van der Waals surface area contributed by atoms with Gasteiger partial charge in [-0.2, -0.15) is 23.7 Å². The minimum atomic E-state index is -4.79. The zero-order chi connectivity index (χ0) is 54.5. The van der Waals surface area contributed by atoms with Crippen LogP contribution in [0.2, 0.25) is 0 Å². The van der Waals surface area contributed by atoms with Gasteiger partial charge >= 0.3 is 6.18 Å². The smallest absolute Gasteiger partial charge is 0.308 e. The molecule has 378 valence electrons. The molecular formula is C71H53F3N4. The molecule has 0 unspecified atom stereocenters. The number of rotatable bonds is 7. The second kappa shape index (κ2) is 18.7. The maximum atomic E-state index is 15.4. The van der Waals surface area contributed by atoms with E-state index in [1.165, 1.54) is 0 Å². The summed E-state index contributed by atoms with van der Waals surface area (Å²) in [6, 6.07) is 63.2. The Labute approximate surface area is 452 Å². The van der Waals surface area contributed by atoms with Crippen LogP contribution in [0.1, 0.15) is 61.2 Å². The number of nitrogens with zero attached hydrogens (tertiary/aromatic N) is 4. The molecule has 0 spiro atoms. The Morgan fingerprint density at radius 3 is 0.859 bits per heavy atom. The zero-order valence-corrected chi connectivity index (χ0v) is 44.7. The van der Waals surface area contributed by atoms with E-state index in [4.69, 9.17) is 0 Å². The highest BCUT2D eigenvalue weighted by Crippen LogP contribution is 2.47. The van der Waals surface area contributed by atoms with E-state index in [1.807, 2.05) is 0 Å². The number of aryl methyl sites for hydroxylation is 8. The fraction of sp³-hybridized carbons (Fsp3) is 0.127. The van der Waals surface area contributed by atoms with Crippen molar-refractivity contribution < 1.29 is 13.2 Å². The number of fused-ring (bicyclic) bond motifs is 6. The van der Waals surface area contributed by atoms with E-state index in [1.54, 1.807) is 18.2 Å². The summed E-state index contributed by atoms with van der Waals surface area (Å²) in [7, 11) is 0. The molecule has 0 radical (unpaired) electrons. The third-order valence-corrected chi connectivity index (χ3v) is 15.1. The number of nitriles is 2. The molecule has 0 bridgehead atoms. The molecule has 0 amide bonds. The van der Waals surface area contributed by atoms with Gasteiger partial charge in [0.25, 0.3) is 0 Å². The van der Waals surface area contributed by atoms with Crippen molar-refractivity contribution in [3.05, 3.63) is 237 Å². The van der Waals surface area contributed by atoms with Crippen molar-refractivity contribution in [1.29, 1.82) is 10.5 Å². The summed E-state index contributed by atoms with van der Waals surface area (Å²) in [6.45, 7) is 16.6. The Bertz CT molecular complexity index is 4060. The van der Waals surface area contributed by atoms with Crippen molar-refractivity contribution >= 4 is 43.6 Å². The topological polar surface area (TPSA) is 57.4 Å². The van der Waals surface area contributed by atoms with Crippen molar-refractivity contribution in [2.45, 2.75) is 61.6 Å². The largest absolute Gasteiger partial charge is 0.416 e. The SMILES string of the molecule is Cc1cc(C)cc(-c2ccc3c4ccc(-c5cc(C)cc(C)c5)cc4n(-c4cc(C#N)cc(-n5c6cc(-c7cc(C)cc(C)c7)ccc6c6ccc(-c7cc(C)cc(C)c7)cc65)c4-c4cc(C#N)cc(C(F)(F)F)c4)c3c2)c1. The first-order chi connectivity index (χ1) is 37.4. The molecule has 12 rings (SSSR count). The molecule has 2 aromatic heterocycles. The summed E-state index contributed by atoms with van der Waals surface area (Å²) >= 11 is 0. The first-order valence-electron chi connectivity index (χ1n) is 26.1. The number of aromatic nitrogens is 2. The minimum absolute atomic E-state index is 0.144. The second-order valence-electron chi connectivity index (χ2n) is 21.5. The Hall–Kier alpha value is -9.43. The highest BCUT2D eigenvalue weighted by molar-refractivity contribution is 6.14. The van der Waals surface area contributed by atoms with Crippen molar-refractivity contribution in [1.82, 2.24) is 9.13 Å². The third-order valence-electron chi connectivity index (χ3n) is 15.1. The Kier molecular flexibility index (Phi) is 11.8. The molecule has 7 heteroatoms. The van der Waals surface area contributed by atoms with Crippen LogP contribution in [0.15, 0.2) is 176 Å². The van der Waals surface area contributed by atoms with E-state index in [0.29, 0.717) is 22.5 Å². The van der Waals surface area contributed by atoms with Gasteiger partial charge in [-0.05, 0) is 160 Å². The summed E-state index contributed by atoms with van der Waals surface area (Å²) in [4.78, 5) is 0. The fourth-order valence-electron chi connectivity index (χ4n) is 12.2. The lowest BCUT2D eigenvalue weighted by Crippen LogP contribution is -2.08. The minimum Gasteiger partial charge on any atom is -0.308 e. The lowest BCUT2D eigenvalue weighted by atomic mass is 9.94. The van der Waals surface area contributed by atoms with E-state index in [0.717, 1.165) is 145 Å². The highest BCUT2D eigenvalue weighted by atomic mass is 19.4. The van der Waals surface area contributed by atoms with Crippen LogP contribution in [0.3, 0.4) is 0 Å². The van der Waals surface area contributed by atoms with Crippen LogP contribution in [0, 0.1) is 78.1 Å². The Morgan fingerprint density at radius 2 is 0.590 bits per heavy atom. The van der Waals surface area contributed by atoms with Crippen molar-refractivity contribution in [3.63, 3.8) is 0 Å². The lowest BCUT2D eigenvalue weighted by molar-refractivity contribution is -0.137. The van der Waals surface area contributed by atoms with Crippen LogP contribution in [0.4, 0.5) is 13.2 Å². The molecule has 0 saturated heterocycles. The molecule has 4 nitrogen and oxygen atoms in total. The molecule has 2 heterocycles. The number of hydrogen-bond acceptors (Lipinski definition) is 2. The molecule has 10 aromatic carbocycles. The molecule has 0 aliphatic rings. The standard InChI is InChI=1S/C71H53F3N4/c1-40-17-41(2)22-54(21-40)50-9-13-60-61-14-10-51(55-23-42(3)18-43(4)24-55)35-65(61)77(64(60)34-50)68-31-49(39-76)32-69(70(68)58-29-48(38-75)30-59(33-58)71(72,73)74)78-66-36-52(56-25-44(5)19-45(6)26-56)11-15-62(66)63-16-12-53(37-67(63)78)57-27-46(7)20-47(8)28-57/h9-37H,1-8H3. The number of hydrogen-bond donors (Lipinski definition) is 0. The number of alkyl halides is 3. The molecule has 0 N–H and O–H groups in total. The predicted molar refractivity (Wildman–Crippen MR) is 315 cm³/mol. The highest BCUT2D eigenvalue weighted by Gasteiger charge is 2.33. The van der Waals surface area contributed by atoms with Gasteiger partial charge in [0, 0.05) is 27.1 Å². The van der Waals surface area contributed by atoms with Crippen LogP contribution in [0.25, 0.3) is 111 Å². The van der Waals surface area contributed by atoms with Gasteiger partial charge in [0.1, 0.15) is 0 Å². The van der Waals surface area contributed by atoms with E-state index in [-0.39, 0.29) is 11.1 Å². The molecule has 0 atom stereocenters. The molecule has 0 aliphatic carbocycles. The molecule has 12 aromatic rings. The second-order valence-corrected chi connectivity index (χ2v) is 21.5. The van der Waals surface area contributed by atoms with E-state index < -0.39 is 11.7 Å². The summed E-state index contributed by atoms with van der Waals surface area (Å²) in [5.41, 5.74) is 20.8. The maximum absolute atomic E-state index is 15.4. The molecule has 0 saturated carbocycles. The summed E-state index contributed by atoms with van der Waals surface area (Å²) in [5.74, 6) is 0. The molecule has 78 heavy (non-hydrogen) atoms. The first-order valence-corrected chi connectivity index (χ1v) is 26.1. The maximum Gasteiger partial charge on any atom is 0.416 e. The lowest BCUT2D eigenvalue weighted by Gasteiger charge is -2.22. The van der Waals surface area contributed by atoms with Crippen LogP contribution in [-0.2, 0) is 6.18 Å². The zero-order valence-electron chi connectivity index (χ0n) is 44.7. The molecular weight excluding hydrogens is 966 g/mol. The van der Waals surface area contributed by atoms with Crippen molar-refractivity contribution in [2.24, 2.45) is 0 Å². The average molecular weight is 1020 g/mol. The van der Waals surface area contributed by atoms with Crippen molar-refractivity contribution in [2.75, 3.05) is 0 Å². The number of benzene rings is 10. The fourth-order valence-corrected chi connectivity index (χ4v) is 12.2. The van der Waals surface area contributed by atoms with Gasteiger partial charge in [-0.3, -0.25) is 0 Å². The molecule has 0 fully saturated rings. The number of halogens is 3. The van der Waals surface area contributed by atoms with Gasteiger partial charge in [0.05, 0.1) is 62.3 Å². The summed E-state index contributed by atoms with van der Waals surface area (Å²) in [5, 5.41) is 25.6. The van der Waals surface area contributed by atoms with Gasteiger partial charge in [0.2, 0.25) is 0 Å². The van der Waals surface area contributed by atoms with Crippen molar-refractivity contribution in [3.8, 4) is 79.1 Å². The average Bonchev–Trinajstić information content (AvgIpc) is 4.14. The van der Waals surface area contributed by atoms with Gasteiger partial charge in [-0.1, -0.05) is 166 Å². The van der Waals surface area contributed by atoms with Gasteiger partial charge in [0.15, 0.2) is 0 Å². The monoisotopic (exact) mass is 1020 g/mol. The van der Waals surface area contributed by atoms with Crippen LogP contribution in [-0.4, -0.2) is 9.13 Å². The van der Waals surface area contributed by atoms with Gasteiger partial charge in [-0.25, -0.2) is 0 Å². The first kappa shape index (κ1) is 49.4. The summed E-state index contributed by atoms with van der Waals surface area (Å²) in [6.07, 6.45) is -4.79. The Balaban J connectivity index is 1.29. The van der Waals surface area contributed by atoms with Crippen LogP contribution in [0.5, 0.6) is 0 Å². The van der Waals surface area contributed by atoms with E-state index >= 15 is 13.2 Å². The van der Waals surface area contributed by atoms with E-state index in [2.05, 4.69) is 222 Å². The normalized spacial score (nSPS) is 11.8. The Morgan fingerprint density at radius 1 is 0.308 bits per heavy atom. The molecule has 0 aliphatic heterocycles. The summed E-state index contributed by atoms with van der Waals surface area (Å²) < 4.78 is 50.4. The predicted octanol–water partition coefficient (Wildman–Crippen LogP) is 19.4. The van der Waals surface area contributed by atoms with Gasteiger partial charge in [-0.15, -0.1) is 0 Å². The third kappa shape index (κ3) is 8.78. The quantitative estimate of drug-likeness (QED) is 0.160. The van der Waals surface area contributed by atoms with E-state index in [9.17, 15) is 10.5 Å². The van der Waals surface area contributed by atoms with Gasteiger partial charge < -0.3 is 9.13 Å². The van der Waals surface area contributed by atoms with Crippen LogP contribution < -0.4 is 0 Å². The van der Waals surface area contributed by atoms with Crippen LogP contribution >= 0.6 is 0 Å².